The van der Waals surface area contributed by atoms with E-state index in [1.807, 2.05) is 30.3 Å². The molecule has 8 heteroatoms. The molecule has 158 valence electrons. The van der Waals surface area contributed by atoms with Gasteiger partial charge in [0.2, 0.25) is 0 Å². The predicted octanol–water partition coefficient (Wildman–Crippen LogP) is 1.94. The molecule has 2 aromatic carbocycles. The summed E-state index contributed by atoms with van der Waals surface area (Å²) in [6, 6.07) is 13.0. The molecule has 1 fully saturated rings. The van der Waals surface area contributed by atoms with E-state index in [1.165, 1.54) is 0 Å². The summed E-state index contributed by atoms with van der Waals surface area (Å²) in [7, 11) is 3.84. The number of likely N-dealkylation sites (tertiary alicyclic amines) is 1. The molecule has 2 N–H and O–H groups in total. The number of nitrogens with zero attached hydrogens (tertiary/aromatic N) is 1. The van der Waals surface area contributed by atoms with Crippen molar-refractivity contribution in [2.75, 3.05) is 32.6 Å². The Morgan fingerprint density at radius 3 is 2.41 bits per heavy atom. The summed E-state index contributed by atoms with van der Waals surface area (Å²) in [5.74, 6) is 0.713. The number of urea groups is 1. The van der Waals surface area contributed by atoms with Crippen molar-refractivity contribution in [3.63, 3.8) is 0 Å². The number of hydrogen-bond acceptors (Lipinski definition) is 2. The van der Waals surface area contributed by atoms with Crippen LogP contribution in [-0.2, 0) is 6.54 Å². The summed E-state index contributed by atoms with van der Waals surface area (Å²) < 4.78 is 6.09. The molecule has 0 bridgehead atoms. The first-order valence-electron chi connectivity index (χ1n) is 9.35. The van der Waals surface area contributed by atoms with E-state index in [4.69, 9.17) is 27.9 Å². The number of piperidine rings is 1. The van der Waals surface area contributed by atoms with Crippen molar-refractivity contribution in [3.05, 3.63) is 58.1 Å². The number of methoxy groups -OCH3 is 1. The molecule has 5 nitrogen and oxygen atoms in total. The second kappa shape index (κ2) is 10.7. The van der Waals surface area contributed by atoms with Crippen LogP contribution in [0.25, 0.3) is 0 Å². The minimum atomic E-state index is -0.184. The summed E-state index contributed by atoms with van der Waals surface area (Å²) in [5, 5.41) is 7.29. The van der Waals surface area contributed by atoms with Gasteiger partial charge >= 0.3 is 6.03 Å². The van der Waals surface area contributed by atoms with Gasteiger partial charge in [-0.1, -0.05) is 29.3 Å². The Hall–Kier alpha value is -1.22. The minimum absolute atomic E-state index is 0. The predicted molar refractivity (Wildman–Crippen MR) is 114 cm³/mol. The van der Waals surface area contributed by atoms with Crippen molar-refractivity contribution >= 4 is 34.9 Å². The molecule has 0 unspecified atom stereocenters. The maximum Gasteiger partial charge on any atom is 0.319 e. The molecular weight excluding hydrogens is 524 g/mol. The molecule has 0 atom stereocenters. The van der Waals surface area contributed by atoms with Gasteiger partial charge in [-0.05, 0) is 30.3 Å². The maximum atomic E-state index is 12.3. The zero-order chi connectivity index (χ0) is 20.1. The van der Waals surface area contributed by atoms with Crippen molar-refractivity contribution in [1.82, 2.24) is 5.32 Å². The third-order valence-electron chi connectivity index (χ3n) is 5.18. The molecular formula is C21H26Cl2IN3O2. The molecule has 0 radical (unpaired) electrons. The lowest BCUT2D eigenvalue weighted by atomic mass is 10.0. The molecule has 2 amide bonds. The highest BCUT2D eigenvalue weighted by Crippen LogP contribution is 2.25. The highest BCUT2D eigenvalue weighted by atomic mass is 127. The second-order valence-electron chi connectivity index (χ2n) is 7.61. The SMILES string of the molecule is COc1cccc(NC(=O)NC2CC[N+](C)(Cc3cc(Cl)cc(Cl)c3)CC2)c1.[I-]. The van der Waals surface area contributed by atoms with E-state index in [1.54, 1.807) is 19.2 Å². The molecule has 0 spiro atoms. The van der Waals surface area contributed by atoms with E-state index in [2.05, 4.69) is 17.7 Å². The van der Waals surface area contributed by atoms with Crippen molar-refractivity contribution in [1.29, 1.82) is 0 Å². The molecule has 3 rings (SSSR count). The quantitative estimate of drug-likeness (QED) is 0.442. The smallest absolute Gasteiger partial charge is 0.319 e. The van der Waals surface area contributed by atoms with Gasteiger partial charge in [-0.25, -0.2) is 4.79 Å². The van der Waals surface area contributed by atoms with Crippen molar-refractivity contribution < 1.29 is 38.0 Å². The fourth-order valence-corrected chi connectivity index (χ4v) is 4.26. The lowest BCUT2D eigenvalue weighted by molar-refractivity contribution is -0.927. The van der Waals surface area contributed by atoms with Crippen LogP contribution in [0, 0.1) is 0 Å². The highest BCUT2D eigenvalue weighted by Gasteiger charge is 2.31. The summed E-state index contributed by atoms with van der Waals surface area (Å²) in [4.78, 5) is 12.3. The number of hydrogen-bond donors (Lipinski definition) is 2. The van der Waals surface area contributed by atoms with E-state index < -0.39 is 0 Å². The van der Waals surface area contributed by atoms with E-state index >= 15 is 0 Å². The second-order valence-corrected chi connectivity index (χ2v) is 8.48. The van der Waals surface area contributed by atoms with Gasteiger partial charge in [-0.3, -0.25) is 0 Å². The third kappa shape index (κ3) is 7.20. The monoisotopic (exact) mass is 549 g/mol. The molecule has 1 heterocycles. The van der Waals surface area contributed by atoms with Gasteiger partial charge in [0.1, 0.15) is 12.3 Å². The van der Waals surface area contributed by atoms with E-state index in [0.717, 1.165) is 42.5 Å². The van der Waals surface area contributed by atoms with Gasteiger partial charge in [0.25, 0.3) is 0 Å². The average Bonchev–Trinajstić information content (AvgIpc) is 2.63. The summed E-state index contributed by atoms with van der Waals surface area (Å²) in [5.41, 5.74) is 1.85. The molecule has 1 aliphatic rings. The molecule has 29 heavy (non-hydrogen) atoms. The lowest BCUT2D eigenvalue weighted by Crippen LogP contribution is -3.00. The Labute approximate surface area is 199 Å². The minimum Gasteiger partial charge on any atom is -1.00 e. The summed E-state index contributed by atoms with van der Waals surface area (Å²) >= 11 is 12.3. The third-order valence-corrected chi connectivity index (χ3v) is 5.62. The van der Waals surface area contributed by atoms with E-state index in [-0.39, 0.29) is 36.0 Å². The Morgan fingerprint density at radius 2 is 1.79 bits per heavy atom. The topological polar surface area (TPSA) is 50.4 Å². The zero-order valence-electron chi connectivity index (χ0n) is 16.6. The highest BCUT2D eigenvalue weighted by molar-refractivity contribution is 6.34. The van der Waals surface area contributed by atoms with Crippen LogP contribution in [0.1, 0.15) is 18.4 Å². The fourth-order valence-electron chi connectivity index (χ4n) is 3.69. The molecule has 0 aromatic heterocycles. The molecule has 0 saturated carbocycles. The Balaban J connectivity index is 0.00000300. The number of amides is 2. The number of nitrogens with one attached hydrogen (secondary N) is 2. The first-order chi connectivity index (χ1) is 13.3. The van der Waals surface area contributed by atoms with Gasteiger partial charge in [-0.15, -0.1) is 0 Å². The van der Waals surface area contributed by atoms with Gasteiger partial charge < -0.3 is 43.8 Å². The van der Waals surface area contributed by atoms with Crippen LogP contribution in [0.3, 0.4) is 0 Å². The largest absolute Gasteiger partial charge is 1.00 e. The van der Waals surface area contributed by atoms with Crippen LogP contribution < -0.4 is 39.3 Å². The summed E-state index contributed by atoms with van der Waals surface area (Å²) in [6.45, 7) is 2.84. The number of anilines is 1. The van der Waals surface area contributed by atoms with Gasteiger partial charge in [0.15, 0.2) is 0 Å². The van der Waals surface area contributed by atoms with Crippen LogP contribution >= 0.6 is 23.2 Å². The van der Waals surface area contributed by atoms with Gasteiger partial charge in [0.05, 0.1) is 27.2 Å². The van der Waals surface area contributed by atoms with Gasteiger partial charge in [0, 0.05) is 46.2 Å². The number of quaternary nitrogens is 1. The molecule has 1 saturated heterocycles. The number of rotatable bonds is 5. The Bertz CT molecular complexity index is 822. The number of halogens is 3. The number of carbonyl (C=O) groups is 1. The van der Waals surface area contributed by atoms with E-state index in [9.17, 15) is 4.79 Å². The van der Waals surface area contributed by atoms with Crippen LogP contribution in [-0.4, -0.2) is 43.8 Å². The standard InChI is InChI=1S/C21H25Cl2N3O2.HI/c1-26(14-15-10-16(22)12-17(23)11-15)8-6-18(7-9-26)24-21(27)25-19-4-3-5-20(13-19)28-2;/h3-5,10-13,18H,6-9,14H2,1-2H3,(H-,24,25,27);1H. The lowest BCUT2D eigenvalue weighted by Gasteiger charge is -2.40. The van der Waals surface area contributed by atoms with Crippen LogP contribution in [0.5, 0.6) is 5.75 Å². The molecule has 0 aliphatic carbocycles. The summed E-state index contributed by atoms with van der Waals surface area (Å²) in [6.07, 6.45) is 1.85. The Kier molecular flexibility index (Phi) is 8.88. The Morgan fingerprint density at radius 1 is 1.14 bits per heavy atom. The number of carbonyl (C=O) groups excluding carboxylic acids is 1. The van der Waals surface area contributed by atoms with Crippen molar-refractivity contribution in [2.24, 2.45) is 0 Å². The normalized spacial score (nSPS) is 21.0. The first-order valence-corrected chi connectivity index (χ1v) is 10.1. The van der Waals surface area contributed by atoms with Crippen LogP contribution in [0.2, 0.25) is 10.0 Å². The van der Waals surface area contributed by atoms with E-state index in [0.29, 0.717) is 21.5 Å². The van der Waals surface area contributed by atoms with Crippen molar-refractivity contribution in [3.8, 4) is 5.75 Å². The number of benzene rings is 2. The fraction of sp³-hybridized carbons (Fsp3) is 0.381. The zero-order valence-corrected chi connectivity index (χ0v) is 20.2. The maximum absolute atomic E-state index is 12.3. The van der Waals surface area contributed by atoms with Crippen LogP contribution in [0.15, 0.2) is 42.5 Å². The number of ether oxygens (including phenoxy) is 1. The average molecular weight is 550 g/mol. The molecule has 1 aliphatic heterocycles. The molecule has 2 aromatic rings. The van der Waals surface area contributed by atoms with Gasteiger partial charge in [-0.2, -0.15) is 0 Å². The van der Waals surface area contributed by atoms with Crippen LogP contribution in [0.4, 0.5) is 10.5 Å². The van der Waals surface area contributed by atoms with Crippen molar-refractivity contribution in [2.45, 2.75) is 25.4 Å². The first kappa shape index (κ1) is 24.1.